The second kappa shape index (κ2) is 18.7. The van der Waals surface area contributed by atoms with Crippen molar-refractivity contribution in [1.29, 1.82) is 0 Å². The van der Waals surface area contributed by atoms with Crippen LogP contribution in [0.5, 0.6) is 0 Å². The largest absolute Gasteiger partial charge is 0.497 e. The molecule has 0 amide bonds. The first-order valence-corrected chi connectivity index (χ1v) is 21.0. The van der Waals surface area contributed by atoms with Crippen LogP contribution in [0.4, 0.5) is 26.6 Å². The fourth-order valence-electron chi connectivity index (χ4n) is 9.26. The number of piperazine rings is 1. The summed E-state index contributed by atoms with van der Waals surface area (Å²) in [5.41, 5.74) is 6.60. The molecule has 5 aromatic rings. The number of nitrogens with one attached hydrogen (secondary N) is 3. The summed E-state index contributed by atoms with van der Waals surface area (Å²) in [7, 11) is 1.45. The topological polar surface area (TPSA) is 124 Å². The summed E-state index contributed by atoms with van der Waals surface area (Å²) in [6, 6.07) is 21.8. The van der Waals surface area contributed by atoms with Crippen molar-refractivity contribution < 1.29 is 23.0 Å². The number of piperidine rings is 1. The second-order valence-electron chi connectivity index (χ2n) is 15.9. The monoisotopic (exact) mass is 829 g/mol. The Hall–Kier alpha value is -6.12. The van der Waals surface area contributed by atoms with Crippen LogP contribution in [-0.2, 0) is 20.7 Å². The average molecular weight is 830 g/mol. The minimum atomic E-state index is -0.284. The van der Waals surface area contributed by atoms with Crippen LogP contribution in [0.1, 0.15) is 47.8 Å². The van der Waals surface area contributed by atoms with Crippen molar-refractivity contribution in [1.82, 2.24) is 29.7 Å². The van der Waals surface area contributed by atoms with Gasteiger partial charge in [0.05, 0.1) is 37.1 Å². The van der Waals surface area contributed by atoms with E-state index in [0.29, 0.717) is 61.6 Å². The minimum absolute atomic E-state index is 0.119. The predicted molar refractivity (Wildman–Crippen MR) is 234 cm³/mol. The highest BCUT2D eigenvalue weighted by Crippen LogP contribution is 2.47. The molecule has 6 heterocycles. The number of halogens is 2. The zero-order chi connectivity index (χ0) is 42.5. The number of hydrogen-bond donors (Lipinski definition) is 3. The van der Waals surface area contributed by atoms with Gasteiger partial charge in [-0.15, -0.1) is 13.2 Å². The zero-order valence-electron chi connectivity index (χ0n) is 34.7. The quantitative estimate of drug-likeness (QED) is 0.0910. The van der Waals surface area contributed by atoms with Gasteiger partial charge in [-0.25, -0.2) is 13.6 Å². The first-order valence-electron chi connectivity index (χ1n) is 21.0. The standard InChI is InChI=1S/C26H29F2N7.C21H24N2O3/c1-3-13-29-24-31-25(30-14-4-2)33-26(32-24)35-17-15-34(16-18-35)23(19-5-9-21(27)10-6-19)20-7-11-22(28)12-8-20;1-12-16-10-23-8-7-14-13-5-3-4-6-18(13)22-20(14)19(23)9-15(16)17(11-26-12)21(24)25-2/h3-12,23H,1-2,13-18H2,(H2,29,30,31,32,33);3-6,11-12,15-16,19,22H,7-10H2,1-2H3/t;12-,15-,16+,19+/m.0/s1. The lowest BCUT2D eigenvalue weighted by Crippen LogP contribution is -2.51. The maximum atomic E-state index is 13.6. The molecule has 0 saturated carbocycles. The molecular weight excluding hydrogens is 777 g/mol. The number of methoxy groups -OCH3 is 1. The average Bonchev–Trinajstić information content (AvgIpc) is 3.68. The molecule has 9 rings (SSSR count). The smallest absolute Gasteiger partial charge is 0.337 e. The highest BCUT2D eigenvalue weighted by molar-refractivity contribution is 5.89. The van der Waals surface area contributed by atoms with Gasteiger partial charge in [0, 0.05) is 80.8 Å². The molecule has 61 heavy (non-hydrogen) atoms. The van der Waals surface area contributed by atoms with Gasteiger partial charge in [0.1, 0.15) is 11.6 Å². The van der Waals surface area contributed by atoms with Crippen LogP contribution in [-0.4, -0.2) is 101 Å². The number of esters is 1. The highest BCUT2D eigenvalue weighted by Gasteiger charge is 2.47. The molecule has 4 aliphatic heterocycles. The van der Waals surface area contributed by atoms with Crippen LogP contribution < -0.4 is 15.5 Å². The Labute approximate surface area is 355 Å². The molecule has 0 spiro atoms. The molecule has 0 bridgehead atoms. The third-order valence-corrected chi connectivity index (χ3v) is 12.3. The number of anilines is 3. The molecule has 3 aromatic carbocycles. The maximum absolute atomic E-state index is 13.6. The van der Waals surface area contributed by atoms with Crippen molar-refractivity contribution in [3.63, 3.8) is 0 Å². The van der Waals surface area contributed by atoms with Gasteiger partial charge in [-0.05, 0) is 66.8 Å². The van der Waals surface area contributed by atoms with Crippen LogP contribution in [0.25, 0.3) is 10.9 Å². The maximum Gasteiger partial charge on any atom is 0.337 e. The van der Waals surface area contributed by atoms with Gasteiger partial charge < -0.3 is 30.0 Å². The van der Waals surface area contributed by atoms with E-state index in [2.05, 4.69) is 89.6 Å². The summed E-state index contributed by atoms with van der Waals surface area (Å²) in [5.74, 6) is 1.21. The Bertz CT molecular complexity index is 2290. The highest BCUT2D eigenvalue weighted by atomic mass is 19.1. The lowest BCUT2D eigenvalue weighted by atomic mass is 9.72. The van der Waals surface area contributed by atoms with Crippen molar-refractivity contribution in [2.75, 3.05) is 75.0 Å². The van der Waals surface area contributed by atoms with Crippen LogP contribution in [0, 0.1) is 23.5 Å². The summed E-state index contributed by atoms with van der Waals surface area (Å²) < 4.78 is 38.0. The Balaban J connectivity index is 0.000000175. The molecule has 14 heteroatoms. The zero-order valence-corrected chi connectivity index (χ0v) is 34.7. The van der Waals surface area contributed by atoms with Crippen LogP contribution in [0.2, 0.25) is 0 Å². The summed E-state index contributed by atoms with van der Waals surface area (Å²) in [6.45, 7) is 15.5. The summed E-state index contributed by atoms with van der Waals surface area (Å²) in [4.78, 5) is 36.5. The number of ether oxygens (including phenoxy) is 2. The summed E-state index contributed by atoms with van der Waals surface area (Å²) >= 11 is 0. The molecular formula is C47H53F2N9O3. The molecule has 2 saturated heterocycles. The first kappa shape index (κ1) is 41.6. The summed E-state index contributed by atoms with van der Waals surface area (Å²) in [6.07, 6.45) is 7.25. The van der Waals surface area contributed by atoms with Gasteiger partial charge in [0.2, 0.25) is 17.8 Å². The Kier molecular flexibility index (Phi) is 12.7. The number of aromatic amines is 1. The molecule has 0 radical (unpaired) electrons. The number of benzene rings is 3. The second-order valence-corrected chi connectivity index (χ2v) is 15.9. The fourth-order valence-corrected chi connectivity index (χ4v) is 9.26. The van der Waals surface area contributed by atoms with E-state index in [1.165, 1.54) is 53.5 Å². The van der Waals surface area contributed by atoms with Crippen LogP contribution in [0.3, 0.4) is 0 Å². The van der Waals surface area contributed by atoms with Crippen molar-refractivity contribution in [2.24, 2.45) is 11.8 Å². The molecule has 4 aliphatic rings. The fraction of sp³-hybridized carbons (Fsp3) is 0.362. The third kappa shape index (κ3) is 9.01. The van der Waals surface area contributed by atoms with Crippen molar-refractivity contribution in [3.05, 3.63) is 144 Å². The summed E-state index contributed by atoms with van der Waals surface area (Å²) in [5, 5.41) is 7.59. The number of hydrogen-bond acceptors (Lipinski definition) is 11. The Morgan fingerprint density at radius 2 is 1.52 bits per heavy atom. The first-order chi connectivity index (χ1) is 29.7. The number of nitrogens with zero attached hydrogens (tertiary/aromatic N) is 6. The van der Waals surface area contributed by atoms with Gasteiger partial charge in [-0.2, -0.15) is 15.0 Å². The van der Waals surface area contributed by atoms with Gasteiger partial charge in [-0.3, -0.25) is 9.80 Å². The van der Waals surface area contributed by atoms with Crippen LogP contribution >= 0.6 is 0 Å². The van der Waals surface area contributed by atoms with E-state index in [9.17, 15) is 13.6 Å². The molecule has 2 fully saturated rings. The SMILES string of the molecule is C=CCNc1nc(NCC=C)nc(N2CCN(C(c3ccc(F)cc3)c3ccc(F)cc3)CC2)n1.COC(=O)C1=CO[C@@H](C)[C@H]2CN3CCc4c([nH]c5ccccc45)[C@H]3C[C@H]12. The third-order valence-electron chi connectivity index (χ3n) is 12.3. The molecule has 12 nitrogen and oxygen atoms in total. The number of rotatable bonds is 11. The lowest BCUT2D eigenvalue weighted by Gasteiger charge is -2.49. The molecule has 0 aliphatic carbocycles. The van der Waals surface area contributed by atoms with Gasteiger partial charge in [0.25, 0.3) is 0 Å². The molecule has 2 aromatic heterocycles. The van der Waals surface area contributed by atoms with Crippen molar-refractivity contribution in [2.45, 2.75) is 38.0 Å². The van der Waals surface area contributed by atoms with Gasteiger partial charge >= 0.3 is 5.97 Å². The number of aromatic nitrogens is 4. The normalized spacial score (nSPS) is 21.1. The minimum Gasteiger partial charge on any atom is -0.497 e. The van der Waals surface area contributed by atoms with Crippen LogP contribution in [0.15, 0.2) is 110 Å². The number of para-hydroxylation sites is 1. The van der Waals surface area contributed by atoms with Crippen molar-refractivity contribution >= 4 is 34.7 Å². The van der Waals surface area contributed by atoms with E-state index in [1.54, 1.807) is 42.7 Å². The number of H-pyrrole nitrogens is 1. The lowest BCUT2D eigenvalue weighted by molar-refractivity contribution is -0.139. The molecule has 3 N–H and O–H groups in total. The number of carbonyl (C=O) groups is 1. The van der Waals surface area contributed by atoms with E-state index >= 15 is 0 Å². The van der Waals surface area contributed by atoms with Crippen molar-refractivity contribution in [3.8, 4) is 0 Å². The molecule has 4 atom stereocenters. The van der Waals surface area contributed by atoms with E-state index in [0.717, 1.165) is 50.1 Å². The van der Waals surface area contributed by atoms with Gasteiger partial charge in [0.15, 0.2) is 0 Å². The number of fused-ring (bicyclic) bond motifs is 6. The van der Waals surface area contributed by atoms with E-state index in [4.69, 9.17) is 9.47 Å². The Morgan fingerprint density at radius 3 is 2.13 bits per heavy atom. The predicted octanol–water partition coefficient (Wildman–Crippen LogP) is 7.44. The van der Waals surface area contributed by atoms with Gasteiger partial charge in [-0.1, -0.05) is 54.6 Å². The molecule has 318 valence electrons. The van der Waals surface area contributed by atoms with E-state index in [-0.39, 0.29) is 35.7 Å². The Morgan fingerprint density at radius 1 is 0.902 bits per heavy atom. The van der Waals surface area contributed by atoms with E-state index < -0.39 is 0 Å². The number of carbonyl (C=O) groups excluding carboxylic acids is 1. The van der Waals surface area contributed by atoms with E-state index in [1.807, 2.05) is 0 Å². The molecule has 0 unspecified atom stereocenters.